The molecule has 1 aromatic carbocycles. The topological polar surface area (TPSA) is 78.5 Å². The highest BCUT2D eigenvalue weighted by molar-refractivity contribution is 7.16. The molecule has 28 heavy (non-hydrogen) atoms. The monoisotopic (exact) mass is 420 g/mol. The van der Waals surface area contributed by atoms with E-state index in [0.29, 0.717) is 15.5 Å². The van der Waals surface area contributed by atoms with Gasteiger partial charge in [0.2, 0.25) is 0 Å². The van der Waals surface area contributed by atoms with Crippen LogP contribution in [0.25, 0.3) is 10.2 Å². The zero-order valence-corrected chi connectivity index (χ0v) is 17.7. The molecule has 0 aliphatic heterocycles. The van der Waals surface area contributed by atoms with E-state index in [1.165, 1.54) is 11.3 Å². The quantitative estimate of drug-likeness (QED) is 0.589. The number of amides is 1. The number of carbonyl (C=O) groups excluding carboxylic acids is 2. The van der Waals surface area contributed by atoms with Crippen molar-refractivity contribution in [3.63, 3.8) is 0 Å². The third-order valence-electron chi connectivity index (χ3n) is 4.00. The van der Waals surface area contributed by atoms with Gasteiger partial charge in [0.25, 0.3) is 5.91 Å². The average molecular weight is 421 g/mol. The fraction of sp³-hybridized carbons (Fsp3) is 0.368. The SMILES string of the molecule is CCOC(=O)Cn1c(=NC(=O)c2cc(C)nn2C(C)C)sc2cc(Cl)ccc21. The highest BCUT2D eigenvalue weighted by Gasteiger charge is 2.17. The lowest BCUT2D eigenvalue weighted by Crippen LogP contribution is -2.23. The summed E-state index contributed by atoms with van der Waals surface area (Å²) in [5.74, 6) is -0.807. The number of benzene rings is 1. The van der Waals surface area contributed by atoms with Crippen LogP contribution in [0.5, 0.6) is 0 Å². The summed E-state index contributed by atoms with van der Waals surface area (Å²) >= 11 is 7.39. The number of ether oxygens (including phenoxy) is 1. The standard InChI is InChI=1S/C19H21ClN4O3S/c1-5-27-17(25)10-23-14-7-6-13(20)9-16(14)28-19(23)21-18(26)15-8-12(4)22-24(15)11(2)3/h6-9,11H,5,10H2,1-4H3. The summed E-state index contributed by atoms with van der Waals surface area (Å²) in [6, 6.07) is 7.07. The van der Waals surface area contributed by atoms with E-state index in [0.717, 1.165) is 15.9 Å². The van der Waals surface area contributed by atoms with Gasteiger partial charge in [0.15, 0.2) is 4.80 Å². The molecule has 0 bridgehead atoms. The molecule has 0 N–H and O–H groups in total. The van der Waals surface area contributed by atoms with Crippen LogP contribution in [0, 0.1) is 6.92 Å². The zero-order valence-electron chi connectivity index (χ0n) is 16.1. The van der Waals surface area contributed by atoms with Crippen molar-refractivity contribution in [1.29, 1.82) is 0 Å². The highest BCUT2D eigenvalue weighted by Crippen LogP contribution is 2.22. The van der Waals surface area contributed by atoms with E-state index in [-0.39, 0.29) is 19.2 Å². The minimum Gasteiger partial charge on any atom is -0.465 e. The minimum absolute atomic E-state index is 0.0238. The van der Waals surface area contributed by atoms with Crippen LogP contribution in [0.1, 0.15) is 43.0 Å². The number of halogens is 1. The van der Waals surface area contributed by atoms with Crippen LogP contribution < -0.4 is 4.80 Å². The Labute approximate surface area is 171 Å². The smallest absolute Gasteiger partial charge is 0.326 e. The van der Waals surface area contributed by atoms with E-state index in [1.807, 2.05) is 20.8 Å². The molecule has 7 nitrogen and oxygen atoms in total. The first-order valence-corrected chi connectivity index (χ1v) is 10.1. The molecule has 0 aliphatic carbocycles. The third-order valence-corrected chi connectivity index (χ3v) is 5.28. The van der Waals surface area contributed by atoms with Crippen LogP contribution in [0.4, 0.5) is 0 Å². The van der Waals surface area contributed by atoms with Gasteiger partial charge in [0.05, 0.1) is 22.5 Å². The van der Waals surface area contributed by atoms with E-state index in [9.17, 15) is 9.59 Å². The van der Waals surface area contributed by atoms with Crippen LogP contribution in [-0.2, 0) is 16.1 Å². The molecule has 2 heterocycles. The van der Waals surface area contributed by atoms with Crippen LogP contribution in [0.2, 0.25) is 5.02 Å². The molecule has 0 atom stereocenters. The van der Waals surface area contributed by atoms with Gasteiger partial charge in [-0.05, 0) is 52.0 Å². The average Bonchev–Trinajstić information content (AvgIpc) is 3.16. The molecule has 1 amide bonds. The minimum atomic E-state index is -0.412. The summed E-state index contributed by atoms with van der Waals surface area (Å²) in [4.78, 5) is 29.7. The Morgan fingerprint density at radius 1 is 1.32 bits per heavy atom. The number of esters is 1. The van der Waals surface area contributed by atoms with Gasteiger partial charge in [-0.2, -0.15) is 10.1 Å². The molecule has 3 aromatic rings. The molecule has 0 spiro atoms. The van der Waals surface area contributed by atoms with E-state index >= 15 is 0 Å². The van der Waals surface area contributed by atoms with Crippen LogP contribution >= 0.6 is 22.9 Å². The fourth-order valence-corrected chi connectivity index (χ4v) is 4.14. The van der Waals surface area contributed by atoms with E-state index in [2.05, 4.69) is 10.1 Å². The van der Waals surface area contributed by atoms with Gasteiger partial charge in [0, 0.05) is 11.1 Å². The van der Waals surface area contributed by atoms with Gasteiger partial charge < -0.3 is 9.30 Å². The maximum atomic E-state index is 12.9. The summed E-state index contributed by atoms with van der Waals surface area (Å²) in [6.45, 7) is 7.73. The molecular weight excluding hydrogens is 400 g/mol. The summed E-state index contributed by atoms with van der Waals surface area (Å²) in [6.07, 6.45) is 0. The molecular formula is C19H21ClN4O3S. The van der Waals surface area contributed by atoms with Crippen molar-refractivity contribution in [3.05, 3.63) is 45.5 Å². The van der Waals surface area contributed by atoms with Crippen molar-refractivity contribution in [1.82, 2.24) is 14.3 Å². The summed E-state index contributed by atoms with van der Waals surface area (Å²) in [5.41, 5.74) is 1.92. The van der Waals surface area contributed by atoms with Crippen molar-refractivity contribution >= 4 is 45.0 Å². The lowest BCUT2D eigenvalue weighted by Gasteiger charge is -2.08. The molecule has 0 radical (unpaired) electrons. The fourth-order valence-electron chi connectivity index (χ4n) is 2.84. The van der Waals surface area contributed by atoms with Gasteiger partial charge in [-0.25, -0.2) is 0 Å². The normalized spacial score (nSPS) is 12.1. The molecule has 9 heteroatoms. The summed E-state index contributed by atoms with van der Waals surface area (Å²) < 4.78 is 9.22. The van der Waals surface area contributed by atoms with E-state index in [4.69, 9.17) is 16.3 Å². The molecule has 0 saturated heterocycles. The second-order valence-electron chi connectivity index (χ2n) is 6.51. The lowest BCUT2D eigenvalue weighted by atomic mass is 10.3. The van der Waals surface area contributed by atoms with Crippen molar-refractivity contribution in [3.8, 4) is 0 Å². The van der Waals surface area contributed by atoms with Crippen molar-refractivity contribution in [2.24, 2.45) is 4.99 Å². The Morgan fingerprint density at radius 2 is 2.07 bits per heavy atom. The number of fused-ring (bicyclic) bond motifs is 1. The molecule has 148 valence electrons. The number of nitrogens with zero attached hydrogens (tertiary/aromatic N) is 4. The van der Waals surface area contributed by atoms with Crippen LogP contribution in [0.3, 0.4) is 0 Å². The first kappa shape index (κ1) is 20.3. The number of aryl methyl sites for hydroxylation is 1. The predicted molar refractivity (Wildman–Crippen MR) is 109 cm³/mol. The van der Waals surface area contributed by atoms with Gasteiger partial charge >= 0.3 is 5.97 Å². The van der Waals surface area contributed by atoms with Crippen LogP contribution in [0.15, 0.2) is 29.3 Å². The van der Waals surface area contributed by atoms with Crippen LogP contribution in [-0.4, -0.2) is 32.8 Å². The molecule has 3 rings (SSSR count). The van der Waals surface area contributed by atoms with Crippen molar-refractivity contribution in [2.45, 2.75) is 40.3 Å². The molecule has 2 aromatic heterocycles. The number of hydrogen-bond acceptors (Lipinski definition) is 5. The van der Waals surface area contributed by atoms with Crippen molar-refractivity contribution in [2.75, 3.05) is 6.61 Å². The van der Waals surface area contributed by atoms with Gasteiger partial charge in [-0.15, -0.1) is 0 Å². The Balaban J connectivity index is 2.13. The van der Waals surface area contributed by atoms with Gasteiger partial charge in [-0.3, -0.25) is 14.3 Å². The van der Waals surface area contributed by atoms with Crippen molar-refractivity contribution < 1.29 is 14.3 Å². The number of aromatic nitrogens is 3. The summed E-state index contributed by atoms with van der Waals surface area (Å²) in [5, 5.41) is 4.94. The maximum absolute atomic E-state index is 12.9. The zero-order chi connectivity index (χ0) is 20.4. The van der Waals surface area contributed by atoms with Gasteiger partial charge in [0.1, 0.15) is 12.2 Å². The third kappa shape index (κ3) is 4.18. The second kappa shape index (κ2) is 8.28. The molecule has 0 fully saturated rings. The van der Waals surface area contributed by atoms with E-state index in [1.54, 1.807) is 40.4 Å². The first-order valence-electron chi connectivity index (χ1n) is 8.90. The number of hydrogen-bond donors (Lipinski definition) is 0. The molecule has 0 saturated carbocycles. The first-order chi connectivity index (χ1) is 13.3. The number of thiazole rings is 1. The number of carbonyl (C=O) groups is 2. The van der Waals surface area contributed by atoms with E-state index < -0.39 is 11.9 Å². The highest BCUT2D eigenvalue weighted by atomic mass is 35.5. The predicted octanol–water partition coefficient (Wildman–Crippen LogP) is 3.75. The Bertz CT molecular complexity index is 1110. The second-order valence-corrected chi connectivity index (χ2v) is 7.96. The Hall–Kier alpha value is -2.45. The Kier molecular flexibility index (Phi) is 6.00. The summed E-state index contributed by atoms with van der Waals surface area (Å²) in [7, 11) is 0. The Morgan fingerprint density at radius 3 is 2.75 bits per heavy atom. The maximum Gasteiger partial charge on any atom is 0.326 e. The molecule has 0 unspecified atom stereocenters. The largest absolute Gasteiger partial charge is 0.465 e. The lowest BCUT2D eigenvalue weighted by molar-refractivity contribution is -0.143. The van der Waals surface area contributed by atoms with Gasteiger partial charge in [-0.1, -0.05) is 22.9 Å². The molecule has 0 aliphatic rings. The number of rotatable bonds is 5.